The Morgan fingerprint density at radius 3 is 2.46 bits per heavy atom. The van der Waals surface area contributed by atoms with Crippen LogP contribution in [-0.4, -0.2) is 26.2 Å². The van der Waals surface area contributed by atoms with Gasteiger partial charge < -0.3 is 19.8 Å². The Hall–Kier alpha value is -3.48. The number of ether oxygens (including phenoxy) is 1. The molecule has 7 nitrogen and oxygen atoms in total. The molecule has 0 fully saturated rings. The van der Waals surface area contributed by atoms with Crippen molar-refractivity contribution in [1.82, 2.24) is 10.6 Å². The first-order valence-corrected chi connectivity index (χ1v) is 8.96. The molecule has 1 aromatic heterocycles. The highest BCUT2D eigenvalue weighted by atomic mass is 16.5. The van der Waals surface area contributed by atoms with Crippen LogP contribution < -0.4 is 16.0 Å². The van der Waals surface area contributed by atoms with E-state index in [9.17, 15) is 4.79 Å². The Labute approximate surface area is 163 Å². The quantitative estimate of drug-likeness (QED) is 0.463. The monoisotopic (exact) mass is 380 g/mol. The molecule has 0 aliphatic heterocycles. The maximum absolute atomic E-state index is 11.2. The van der Waals surface area contributed by atoms with Gasteiger partial charge in [-0.3, -0.25) is 10.3 Å². The van der Waals surface area contributed by atoms with Gasteiger partial charge in [-0.1, -0.05) is 30.3 Å². The number of nitrogens with one attached hydrogen (secondary N) is 3. The summed E-state index contributed by atoms with van der Waals surface area (Å²) in [5.74, 6) is 1.57. The van der Waals surface area contributed by atoms with Gasteiger partial charge >= 0.3 is 6.09 Å². The van der Waals surface area contributed by atoms with Gasteiger partial charge in [0.1, 0.15) is 11.3 Å². The summed E-state index contributed by atoms with van der Waals surface area (Å²) >= 11 is 0. The number of amides is 1. The number of anilines is 1. The SMILES string of the molecule is CN=C(NCc1ccc(NC(=O)OC)cc1)NCc1oc2ccccc2c1C. The van der Waals surface area contributed by atoms with Crippen molar-refractivity contribution in [3.63, 3.8) is 0 Å². The lowest BCUT2D eigenvalue weighted by Gasteiger charge is -2.12. The normalized spacial score (nSPS) is 11.3. The first kappa shape index (κ1) is 19.3. The number of fused-ring (bicyclic) bond motifs is 1. The summed E-state index contributed by atoms with van der Waals surface area (Å²) in [7, 11) is 3.06. The average Bonchev–Trinajstić information content (AvgIpc) is 3.05. The Morgan fingerprint density at radius 1 is 1.07 bits per heavy atom. The van der Waals surface area contributed by atoms with E-state index in [1.165, 1.54) is 7.11 Å². The van der Waals surface area contributed by atoms with Gasteiger partial charge in [0.15, 0.2) is 5.96 Å². The number of hydrogen-bond donors (Lipinski definition) is 3. The van der Waals surface area contributed by atoms with Gasteiger partial charge in [-0.05, 0) is 30.7 Å². The zero-order chi connectivity index (χ0) is 19.9. The lowest BCUT2D eigenvalue weighted by Crippen LogP contribution is -2.36. The Balaban J connectivity index is 1.54. The number of methoxy groups -OCH3 is 1. The largest absolute Gasteiger partial charge is 0.459 e. The second-order valence-corrected chi connectivity index (χ2v) is 6.24. The molecule has 0 aliphatic rings. The Kier molecular flexibility index (Phi) is 6.16. The van der Waals surface area contributed by atoms with E-state index in [4.69, 9.17) is 4.42 Å². The van der Waals surface area contributed by atoms with Gasteiger partial charge in [0, 0.05) is 30.2 Å². The van der Waals surface area contributed by atoms with E-state index in [2.05, 4.69) is 38.7 Å². The molecule has 28 heavy (non-hydrogen) atoms. The number of para-hydroxylation sites is 1. The second kappa shape index (κ2) is 8.94. The number of benzene rings is 2. The average molecular weight is 380 g/mol. The molecule has 1 heterocycles. The summed E-state index contributed by atoms with van der Waals surface area (Å²) in [6, 6.07) is 15.5. The summed E-state index contributed by atoms with van der Waals surface area (Å²) in [5.41, 5.74) is 3.75. The molecule has 0 saturated heterocycles. The van der Waals surface area contributed by atoms with E-state index in [0.29, 0.717) is 24.7 Å². The van der Waals surface area contributed by atoms with Crippen molar-refractivity contribution in [3.8, 4) is 0 Å². The van der Waals surface area contributed by atoms with Crippen LogP contribution in [0, 0.1) is 6.92 Å². The summed E-state index contributed by atoms with van der Waals surface area (Å²) in [5, 5.41) is 10.3. The molecule has 3 rings (SSSR count). The van der Waals surface area contributed by atoms with Crippen molar-refractivity contribution >= 4 is 28.7 Å². The second-order valence-electron chi connectivity index (χ2n) is 6.24. The molecule has 0 radical (unpaired) electrons. The van der Waals surface area contributed by atoms with Crippen LogP contribution in [-0.2, 0) is 17.8 Å². The lowest BCUT2D eigenvalue weighted by atomic mass is 10.1. The van der Waals surface area contributed by atoms with Crippen LogP contribution in [0.3, 0.4) is 0 Å². The molecular formula is C21H24N4O3. The van der Waals surface area contributed by atoms with Gasteiger partial charge in [-0.15, -0.1) is 0 Å². The first-order chi connectivity index (χ1) is 13.6. The third-order valence-electron chi connectivity index (χ3n) is 4.43. The first-order valence-electron chi connectivity index (χ1n) is 8.96. The zero-order valence-corrected chi connectivity index (χ0v) is 16.2. The summed E-state index contributed by atoms with van der Waals surface area (Å²) in [6.07, 6.45) is -0.489. The lowest BCUT2D eigenvalue weighted by molar-refractivity contribution is 0.187. The molecule has 3 aromatic rings. The molecule has 7 heteroatoms. The maximum Gasteiger partial charge on any atom is 0.411 e. The highest BCUT2D eigenvalue weighted by molar-refractivity contribution is 5.84. The van der Waals surface area contributed by atoms with Crippen molar-refractivity contribution < 1.29 is 13.9 Å². The number of nitrogens with zero attached hydrogens (tertiary/aromatic N) is 1. The van der Waals surface area contributed by atoms with Gasteiger partial charge in [0.2, 0.25) is 0 Å². The van der Waals surface area contributed by atoms with Gasteiger partial charge in [0.05, 0.1) is 13.7 Å². The van der Waals surface area contributed by atoms with Crippen LogP contribution >= 0.6 is 0 Å². The number of aliphatic imine (C=N–C) groups is 1. The summed E-state index contributed by atoms with van der Waals surface area (Å²) in [4.78, 5) is 15.5. The molecule has 146 valence electrons. The standard InChI is InChI=1S/C21H24N4O3/c1-14-17-6-4-5-7-18(17)28-19(14)13-24-20(22-2)23-12-15-8-10-16(11-9-15)25-21(26)27-3/h4-11H,12-13H2,1-3H3,(H,25,26)(H2,22,23,24). The predicted octanol–water partition coefficient (Wildman–Crippen LogP) is 3.78. The van der Waals surface area contributed by atoms with Crippen LogP contribution in [0.25, 0.3) is 11.0 Å². The number of furan rings is 1. The zero-order valence-electron chi connectivity index (χ0n) is 16.2. The molecule has 3 N–H and O–H groups in total. The molecule has 1 amide bonds. The summed E-state index contributed by atoms with van der Waals surface area (Å²) < 4.78 is 10.5. The fourth-order valence-electron chi connectivity index (χ4n) is 2.84. The maximum atomic E-state index is 11.2. The third-order valence-corrected chi connectivity index (χ3v) is 4.43. The smallest absolute Gasteiger partial charge is 0.411 e. The number of guanidine groups is 1. The van der Waals surface area contributed by atoms with Crippen molar-refractivity contribution in [2.75, 3.05) is 19.5 Å². The molecule has 0 saturated carbocycles. The minimum Gasteiger partial charge on any atom is -0.459 e. The highest BCUT2D eigenvalue weighted by Crippen LogP contribution is 2.24. The fourth-order valence-corrected chi connectivity index (χ4v) is 2.84. The Bertz CT molecular complexity index is 977. The van der Waals surface area contributed by atoms with Gasteiger partial charge in [-0.25, -0.2) is 4.79 Å². The number of hydrogen-bond acceptors (Lipinski definition) is 4. The van der Waals surface area contributed by atoms with Crippen molar-refractivity contribution in [3.05, 3.63) is 65.4 Å². The van der Waals surface area contributed by atoms with E-state index < -0.39 is 6.09 Å². The van der Waals surface area contributed by atoms with E-state index in [1.807, 2.05) is 42.5 Å². The third kappa shape index (κ3) is 4.62. The van der Waals surface area contributed by atoms with Crippen molar-refractivity contribution in [2.24, 2.45) is 4.99 Å². The van der Waals surface area contributed by atoms with Crippen LogP contribution in [0.15, 0.2) is 57.9 Å². The molecule has 0 aliphatic carbocycles. The summed E-state index contributed by atoms with van der Waals surface area (Å²) in [6.45, 7) is 3.20. The molecule has 0 atom stereocenters. The van der Waals surface area contributed by atoms with Crippen LogP contribution in [0.4, 0.5) is 10.5 Å². The minimum absolute atomic E-state index is 0.489. The molecule has 0 bridgehead atoms. The predicted molar refractivity (Wildman–Crippen MR) is 110 cm³/mol. The molecular weight excluding hydrogens is 356 g/mol. The van der Waals surface area contributed by atoms with Crippen molar-refractivity contribution in [2.45, 2.75) is 20.0 Å². The Morgan fingerprint density at radius 2 is 1.79 bits per heavy atom. The number of rotatable bonds is 5. The molecule has 0 unspecified atom stereocenters. The van der Waals surface area contributed by atoms with Crippen molar-refractivity contribution in [1.29, 1.82) is 0 Å². The van der Waals surface area contributed by atoms with Crippen LogP contribution in [0.5, 0.6) is 0 Å². The topological polar surface area (TPSA) is 87.9 Å². The fraction of sp³-hybridized carbons (Fsp3) is 0.238. The molecule has 2 aromatic carbocycles. The highest BCUT2D eigenvalue weighted by Gasteiger charge is 2.10. The van der Waals surface area contributed by atoms with E-state index in [1.54, 1.807) is 7.05 Å². The van der Waals surface area contributed by atoms with E-state index >= 15 is 0 Å². The van der Waals surface area contributed by atoms with Crippen LogP contribution in [0.2, 0.25) is 0 Å². The molecule has 0 spiro atoms. The number of aryl methyl sites for hydroxylation is 1. The van der Waals surface area contributed by atoms with Gasteiger partial charge in [0.25, 0.3) is 0 Å². The van der Waals surface area contributed by atoms with Crippen LogP contribution in [0.1, 0.15) is 16.9 Å². The van der Waals surface area contributed by atoms with E-state index in [-0.39, 0.29) is 0 Å². The number of carbonyl (C=O) groups excluding carboxylic acids is 1. The van der Waals surface area contributed by atoms with Gasteiger partial charge in [-0.2, -0.15) is 0 Å². The minimum atomic E-state index is -0.489. The van der Waals surface area contributed by atoms with E-state index in [0.717, 1.165) is 27.9 Å². The number of carbonyl (C=O) groups is 1.